The van der Waals surface area contributed by atoms with E-state index < -0.39 is 8.07 Å². The number of hydrogen-bond acceptors (Lipinski definition) is 0. The van der Waals surface area contributed by atoms with Gasteiger partial charge < -0.3 is 4.57 Å². The van der Waals surface area contributed by atoms with Crippen LogP contribution in [0, 0.1) is 0 Å². The van der Waals surface area contributed by atoms with Crippen molar-refractivity contribution in [2.75, 3.05) is 0 Å². The van der Waals surface area contributed by atoms with Crippen molar-refractivity contribution in [3.63, 3.8) is 0 Å². The van der Waals surface area contributed by atoms with Crippen molar-refractivity contribution in [2.24, 2.45) is 0 Å². The highest BCUT2D eigenvalue weighted by Crippen LogP contribution is 2.48. The van der Waals surface area contributed by atoms with Crippen LogP contribution in [-0.4, -0.2) is 12.6 Å². The number of rotatable bonds is 1. The predicted molar refractivity (Wildman–Crippen MR) is 168 cm³/mol. The van der Waals surface area contributed by atoms with Gasteiger partial charge in [0.15, 0.2) is 0 Å². The first-order valence-electron chi connectivity index (χ1n) is 14.5. The molecule has 0 N–H and O–H groups in total. The fraction of sp³-hybridized carbons (Fsp3) is 0.189. The molecule has 5 aromatic carbocycles. The molecule has 0 amide bonds. The van der Waals surface area contributed by atoms with E-state index in [-0.39, 0.29) is 5.41 Å². The second-order valence-electron chi connectivity index (χ2n) is 12.5. The highest BCUT2D eigenvalue weighted by molar-refractivity contribution is 7.06. The number of fused-ring (bicyclic) bond motifs is 10. The van der Waals surface area contributed by atoms with Gasteiger partial charge in [0.05, 0.1) is 16.7 Å². The maximum Gasteiger partial charge on any atom is 0.119 e. The molecule has 0 radical (unpaired) electrons. The Morgan fingerprint density at radius 2 is 1.33 bits per heavy atom. The van der Waals surface area contributed by atoms with Gasteiger partial charge in [-0.1, -0.05) is 112 Å². The molecular weight excluding hydrogens is 487 g/mol. The number of hydrogen-bond donors (Lipinski definition) is 0. The van der Waals surface area contributed by atoms with Crippen LogP contribution in [0.1, 0.15) is 37.8 Å². The summed E-state index contributed by atoms with van der Waals surface area (Å²) in [7, 11) is -1.63. The lowest BCUT2D eigenvalue weighted by Gasteiger charge is -2.34. The van der Waals surface area contributed by atoms with Crippen molar-refractivity contribution in [3.05, 3.63) is 114 Å². The highest BCUT2D eigenvalue weighted by Gasteiger charge is 2.47. The molecule has 0 saturated carbocycles. The standard InChI is InChI=1S/C37H31NSi/c1-37(2)30-12-4-5-14-33(30)38-32-19-17-24(22-29(32)28-11-9-13-31(37)36(28)38)25-16-18-27-26-10-3-6-15-34(26)39(35(27)23-25)20-7-8-21-39/h3-6,9-19,22-23H,7-8,20-21H2,1-2H3. The van der Waals surface area contributed by atoms with Crippen molar-refractivity contribution in [1.29, 1.82) is 0 Å². The summed E-state index contributed by atoms with van der Waals surface area (Å²) in [6.45, 7) is 4.75. The summed E-state index contributed by atoms with van der Waals surface area (Å²) in [6.07, 6.45) is 2.77. The van der Waals surface area contributed by atoms with Crippen molar-refractivity contribution >= 4 is 40.3 Å². The predicted octanol–water partition coefficient (Wildman–Crippen LogP) is 8.43. The molecule has 4 heterocycles. The van der Waals surface area contributed by atoms with Crippen molar-refractivity contribution in [1.82, 2.24) is 4.57 Å². The minimum absolute atomic E-state index is 0.0292. The van der Waals surface area contributed by atoms with Crippen LogP contribution in [0.4, 0.5) is 0 Å². The van der Waals surface area contributed by atoms with Crippen LogP contribution in [0.3, 0.4) is 0 Å². The van der Waals surface area contributed by atoms with Crippen LogP contribution in [0.15, 0.2) is 103 Å². The Labute approximate surface area is 230 Å². The zero-order valence-electron chi connectivity index (χ0n) is 22.6. The normalized spacial score (nSPS) is 17.5. The van der Waals surface area contributed by atoms with E-state index >= 15 is 0 Å². The van der Waals surface area contributed by atoms with Crippen molar-refractivity contribution in [2.45, 2.75) is 44.2 Å². The monoisotopic (exact) mass is 517 g/mol. The molecular formula is C37H31NSi. The van der Waals surface area contributed by atoms with Crippen LogP contribution >= 0.6 is 0 Å². The minimum atomic E-state index is -1.63. The second-order valence-corrected chi connectivity index (χ2v) is 16.7. The number of nitrogens with zero attached hydrogens (tertiary/aromatic N) is 1. The summed E-state index contributed by atoms with van der Waals surface area (Å²) in [5.74, 6) is 0. The molecule has 3 aliphatic rings. The summed E-state index contributed by atoms with van der Waals surface area (Å²) in [4.78, 5) is 0. The van der Waals surface area contributed by atoms with Crippen LogP contribution in [0.5, 0.6) is 0 Å². The zero-order chi connectivity index (χ0) is 25.9. The van der Waals surface area contributed by atoms with E-state index in [1.807, 2.05) is 0 Å². The Hall–Kier alpha value is -3.88. The van der Waals surface area contributed by atoms with Crippen molar-refractivity contribution < 1.29 is 0 Å². The first-order valence-corrected chi connectivity index (χ1v) is 16.9. The average molecular weight is 518 g/mol. The molecule has 1 aromatic heterocycles. The van der Waals surface area contributed by atoms with Gasteiger partial charge >= 0.3 is 0 Å². The maximum absolute atomic E-state index is 2.59. The number of para-hydroxylation sites is 2. The van der Waals surface area contributed by atoms with E-state index in [0.717, 1.165) is 0 Å². The third-order valence-corrected chi connectivity index (χ3v) is 15.7. The lowest BCUT2D eigenvalue weighted by atomic mass is 9.75. The van der Waals surface area contributed by atoms with Gasteiger partial charge in [-0.25, -0.2) is 0 Å². The lowest BCUT2D eigenvalue weighted by Crippen LogP contribution is -2.52. The second kappa shape index (κ2) is 7.40. The SMILES string of the molecule is CC1(C)c2ccccc2-n2c3ccc(-c4ccc5c(c4)[Si]4(CCCC4)c4ccccc4-5)cc3c3cccc1c32. The molecule has 1 fully saturated rings. The molecule has 0 unspecified atom stereocenters. The Balaban J connectivity index is 1.28. The molecule has 1 saturated heterocycles. The third kappa shape index (κ3) is 2.66. The summed E-state index contributed by atoms with van der Waals surface area (Å²) < 4.78 is 2.52. The Morgan fingerprint density at radius 3 is 2.23 bits per heavy atom. The molecule has 188 valence electrons. The van der Waals surface area contributed by atoms with Gasteiger partial charge in [-0.3, -0.25) is 0 Å². The highest BCUT2D eigenvalue weighted by atomic mass is 28.3. The summed E-state index contributed by atoms with van der Waals surface area (Å²) in [5, 5.41) is 6.10. The summed E-state index contributed by atoms with van der Waals surface area (Å²) in [5.41, 5.74) is 12.5. The molecule has 0 bridgehead atoms. The van der Waals surface area contributed by atoms with Crippen molar-refractivity contribution in [3.8, 4) is 27.9 Å². The molecule has 3 aliphatic heterocycles. The zero-order valence-corrected chi connectivity index (χ0v) is 23.6. The average Bonchev–Trinajstić information content (AvgIpc) is 3.67. The van der Waals surface area contributed by atoms with Gasteiger partial charge in [0, 0.05) is 16.2 Å². The van der Waals surface area contributed by atoms with Crippen LogP contribution < -0.4 is 10.4 Å². The number of aromatic nitrogens is 1. The molecule has 0 atom stereocenters. The first kappa shape index (κ1) is 22.0. The van der Waals surface area contributed by atoms with Gasteiger partial charge in [-0.15, -0.1) is 0 Å². The van der Waals surface area contributed by atoms with Crippen LogP contribution in [0.2, 0.25) is 12.1 Å². The van der Waals surface area contributed by atoms with E-state index in [9.17, 15) is 0 Å². The Kier molecular flexibility index (Phi) is 4.17. The number of benzene rings is 5. The fourth-order valence-electron chi connectivity index (χ4n) is 8.50. The van der Waals surface area contributed by atoms with Gasteiger partial charge in [0.2, 0.25) is 0 Å². The van der Waals surface area contributed by atoms with E-state index in [4.69, 9.17) is 0 Å². The van der Waals surface area contributed by atoms with Gasteiger partial charge in [0.25, 0.3) is 0 Å². The van der Waals surface area contributed by atoms with E-state index in [2.05, 4.69) is 122 Å². The molecule has 39 heavy (non-hydrogen) atoms. The maximum atomic E-state index is 2.59. The van der Waals surface area contributed by atoms with E-state index in [0.29, 0.717) is 0 Å². The van der Waals surface area contributed by atoms with Gasteiger partial charge in [-0.05, 0) is 74.0 Å². The van der Waals surface area contributed by atoms with Crippen LogP contribution in [-0.2, 0) is 5.41 Å². The fourth-order valence-corrected chi connectivity index (χ4v) is 14.1. The third-order valence-electron chi connectivity index (χ3n) is 10.3. The molecule has 0 aliphatic carbocycles. The quantitative estimate of drug-likeness (QED) is 0.193. The Morgan fingerprint density at radius 1 is 0.615 bits per heavy atom. The Bertz CT molecular complexity index is 2000. The largest absolute Gasteiger partial charge is 0.309 e. The molecule has 2 heteroatoms. The molecule has 6 aromatic rings. The van der Waals surface area contributed by atoms with Gasteiger partial charge in [0.1, 0.15) is 8.07 Å². The summed E-state index contributed by atoms with van der Waals surface area (Å²) in [6, 6.07) is 42.6. The van der Waals surface area contributed by atoms with Crippen LogP contribution in [0.25, 0.3) is 49.7 Å². The van der Waals surface area contributed by atoms with E-state index in [1.54, 1.807) is 10.4 Å². The smallest absolute Gasteiger partial charge is 0.119 e. The first-order chi connectivity index (χ1) is 19.1. The molecule has 9 rings (SSSR count). The van der Waals surface area contributed by atoms with E-state index in [1.165, 1.54) is 85.8 Å². The van der Waals surface area contributed by atoms with Gasteiger partial charge in [-0.2, -0.15) is 0 Å². The summed E-state index contributed by atoms with van der Waals surface area (Å²) >= 11 is 0. The topological polar surface area (TPSA) is 4.93 Å². The molecule has 1 nitrogen and oxygen atoms in total. The molecule has 1 spiro atoms. The lowest BCUT2D eigenvalue weighted by molar-refractivity contribution is 0.630. The minimum Gasteiger partial charge on any atom is -0.309 e.